The Morgan fingerprint density at radius 1 is 1.29 bits per heavy atom. The smallest absolute Gasteiger partial charge is 0.293 e. The fourth-order valence-electron chi connectivity index (χ4n) is 1.08. The van der Waals surface area contributed by atoms with Crippen LogP contribution < -0.4 is 10.6 Å². The average Bonchev–Trinajstić information content (AvgIpc) is 2.47. The van der Waals surface area contributed by atoms with E-state index in [-0.39, 0.29) is 16.9 Å². The van der Waals surface area contributed by atoms with E-state index in [0.717, 1.165) is 5.69 Å². The van der Waals surface area contributed by atoms with E-state index in [1.807, 2.05) is 30.3 Å². The van der Waals surface area contributed by atoms with Gasteiger partial charge < -0.3 is 5.32 Å². The molecule has 4 nitrogen and oxygen atoms in total. The molecule has 0 bridgehead atoms. The van der Waals surface area contributed by atoms with Crippen molar-refractivity contribution in [1.82, 2.24) is 5.32 Å². The van der Waals surface area contributed by atoms with Gasteiger partial charge in [-0.1, -0.05) is 18.2 Å². The van der Waals surface area contributed by atoms with E-state index in [9.17, 15) is 4.79 Å². The molecule has 5 heteroatoms. The molecule has 1 amide bonds. The molecule has 0 saturated carbocycles. The third kappa shape index (κ3) is 1.77. The lowest BCUT2D eigenvalue weighted by Gasteiger charge is -2.01. The minimum absolute atomic E-state index is 0.202. The molecule has 0 fully saturated rings. The van der Waals surface area contributed by atoms with Crippen molar-refractivity contribution in [3.63, 3.8) is 0 Å². The minimum Gasteiger partial charge on any atom is -0.336 e. The molecule has 0 atom stereocenters. The lowest BCUT2D eigenvalue weighted by atomic mass is 10.3. The molecule has 1 aromatic carbocycles. The highest BCUT2D eigenvalue weighted by atomic mass is 32.1. The average molecular weight is 205 g/mol. The number of amides is 1. The monoisotopic (exact) mass is 205 g/mol. The topological polar surface area (TPSA) is 53.5 Å². The normalized spacial score (nSPS) is 15.0. The van der Waals surface area contributed by atoms with Gasteiger partial charge in [-0.25, -0.2) is 0 Å². The Kier molecular flexibility index (Phi) is 2.24. The van der Waals surface area contributed by atoms with Gasteiger partial charge in [-0.3, -0.25) is 10.1 Å². The molecule has 2 rings (SSSR count). The summed E-state index contributed by atoms with van der Waals surface area (Å²) in [4.78, 5) is 15.0. The number of benzene rings is 1. The Balaban J connectivity index is 2.16. The number of hydrogen-bond donors (Lipinski definition) is 2. The van der Waals surface area contributed by atoms with Gasteiger partial charge in [0.2, 0.25) is 5.11 Å². The van der Waals surface area contributed by atoms with Gasteiger partial charge in [-0.15, -0.1) is 0 Å². The summed E-state index contributed by atoms with van der Waals surface area (Å²) in [6.07, 6.45) is 0. The number of thiocarbonyl (C=S) groups is 1. The van der Waals surface area contributed by atoms with Crippen LogP contribution in [0.25, 0.3) is 0 Å². The standard InChI is InChI=1S/C9H7N3OS/c13-8-7(11-9(14)12-8)10-6-4-2-1-3-5-6/h1-5H,(H2,10,11,12,13,14). The van der Waals surface area contributed by atoms with Gasteiger partial charge in [0.05, 0.1) is 0 Å². The second kappa shape index (κ2) is 3.55. The molecular weight excluding hydrogens is 198 g/mol. The molecule has 0 aromatic heterocycles. The summed E-state index contributed by atoms with van der Waals surface area (Å²) in [6, 6.07) is 9.32. The Morgan fingerprint density at radius 2 is 2.00 bits per heavy atom. The van der Waals surface area contributed by atoms with Crippen LogP contribution in [0.1, 0.15) is 0 Å². The molecule has 1 aliphatic heterocycles. The third-order valence-corrected chi connectivity index (χ3v) is 1.88. The Bertz CT molecular complexity index is 413. The van der Waals surface area contributed by atoms with Gasteiger partial charge in [0.15, 0.2) is 5.84 Å². The van der Waals surface area contributed by atoms with Crippen molar-refractivity contribution in [3.8, 4) is 0 Å². The van der Waals surface area contributed by atoms with Crippen molar-refractivity contribution in [3.05, 3.63) is 30.3 Å². The zero-order valence-electron chi connectivity index (χ0n) is 7.15. The number of nitrogens with one attached hydrogen (secondary N) is 2. The van der Waals surface area contributed by atoms with E-state index >= 15 is 0 Å². The van der Waals surface area contributed by atoms with Crippen LogP contribution in [-0.2, 0) is 4.79 Å². The van der Waals surface area contributed by atoms with Crippen molar-refractivity contribution in [2.45, 2.75) is 0 Å². The van der Waals surface area contributed by atoms with Crippen LogP contribution in [0.3, 0.4) is 0 Å². The first kappa shape index (κ1) is 8.83. The van der Waals surface area contributed by atoms with Gasteiger partial charge in [0, 0.05) is 5.69 Å². The van der Waals surface area contributed by atoms with E-state index < -0.39 is 0 Å². The summed E-state index contributed by atoms with van der Waals surface area (Å²) in [5.74, 6) is -0.0555. The molecule has 2 N–H and O–H groups in total. The van der Waals surface area contributed by atoms with Crippen LogP contribution in [0.15, 0.2) is 35.3 Å². The Morgan fingerprint density at radius 3 is 2.57 bits per heavy atom. The molecule has 1 aromatic rings. The van der Waals surface area contributed by atoms with Gasteiger partial charge in [0.1, 0.15) is 0 Å². The highest BCUT2D eigenvalue weighted by molar-refractivity contribution is 7.80. The van der Waals surface area contributed by atoms with E-state index in [2.05, 4.69) is 15.6 Å². The second-order valence-electron chi connectivity index (χ2n) is 2.71. The predicted octanol–water partition coefficient (Wildman–Crippen LogP) is 0.912. The number of carbonyl (C=O) groups is 1. The summed E-state index contributed by atoms with van der Waals surface area (Å²) in [7, 11) is 0. The maximum absolute atomic E-state index is 11.2. The maximum Gasteiger partial charge on any atom is 0.293 e. The van der Waals surface area contributed by atoms with Crippen LogP contribution in [0.5, 0.6) is 0 Å². The number of anilines is 1. The van der Waals surface area contributed by atoms with Gasteiger partial charge in [-0.2, -0.15) is 4.99 Å². The van der Waals surface area contributed by atoms with E-state index in [4.69, 9.17) is 12.2 Å². The number of amidine groups is 1. The molecular formula is C9H7N3OS. The summed E-state index contributed by atoms with van der Waals surface area (Å²) in [5.41, 5.74) is 0.811. The first-order valence-electron chi connectivity index (χ1n) is 4.02. The molecule has 70 valence electrons. The van der Waals surface area contributed by atoms with Crippen molar-refractivity contribution < 1.29 is 4.79 Å². The quantitative estimate of drug-likeness (QED) is 0.670. The lowest BCUT2D eigenvalue weighted by molar-refractivity contribution is -0.113. The Labute approximate surface area is 86.0 Å². The summed E-state index contributed by atoms with van der Waals surface area (Å²) < 4.78 is 0. The van der Waals surface area contributed by atoms with Gasteiger partial charge >= 0.3 is 0 Å². The SMILES string of the molecule is O=C1NC(=S)N=C1Nc1ccccc1. The molecule has 0 unspecified atom stereocenters. The predicted molar refractivity (Wildman–Crippen MR) is 58.2 cm³/mol. The Hall–Kier alpha value is -1.75. The first-order chi connectivity index (χ1) is 6.75. The van der Waals surface area contributed by atoms with Crippen LogP contribution in [0, 0.1) is 0 Å². The first-order valence-corrected chi connectivity index (χ1v) is 4.42. The molecule has 0 radical (unpaired) electrons. The van der Waals surface area contributed by atoms with E-state index in [1.165, 1.54) is 0 Å². The van der Waals surface area contributed by atoms with Crippen LogP contribution in [0.4, 0.5) is 5.69 Å². The van der Waals surface area contributed by atoms with Crippen LogP contribution in [-0.4, -0.2) is 16.9 Å². The lowest BCUT2D eigenvalue weighted by Crippen LogP contribution is -2.29. The number of para-hydroxylation sites is 1. The van der Waals surface area contributed by atoms with Crippen molar-refractivity contribution in [1.29, 1.82) is 0 Å². The number of rotatable bonds is 1. The van der Waals surface area contributed by atoms with Crippen LogP contribution >= 0.6 is 12.2 Å². The number of carbonyl (C=O) groups excluding carboxylic acids is 1. The molecule has 0 spiro atoms. The third-order valence-electron chi connectivity index (χ3n) is 1.69. The number of aliphatic imine (C=N–C) groups is 1. The molecule has 0 saturated heterocycles. The fourth-order valence-corrected chi connectivity index (χ4v) is 1.26. The summed E-state index contributed by atoms with van der Waals surface area (Å²) in [6.45, 7) is 0. The van der Waals surface area contributed by atoms with Gasteiger partial charge in [-0.05, 0) is 24.4 Å². The fraction of sp³-hybridized carbons (Fsp3) is 0. The molecule has 0 aliphatic carbocycles. The maximum atomic E-state index is 11.2. The zero-order valence-corrected chi connectivity index (χ0v) is 7.97. The van der Waals surface area contributed by atoms with Crippen molar-refractivity contribution in [2.75, 3.05) is 5.32 Å². The van der Waals surface area contributed by atoms with E-state index in [0.29, 0.717) is 0 Å². The largest absolute Gasteiger partial charge is 0.336 e. The van der Waals surface area contributed by atoms with E-state index in [1.54, 1.807) is 0 Å². The van der Waals surface area contributed by atoms with Crippen molar-refractivity contribution in [2.24, 2.45) is 4.99 Å². The molecule has 14 heavy (non-hydrogen) atoms. The summed E-state index contributed by atoms with van der Waals surface area (Å²) >= 11 is 4.73. The van der Waals surface area contributed by atoms with Crippen molar-refractivity contribution >= 4 is 34.8 Å². The number of nitrogens with zero attached hydrogens (tertiary/aromatic N) is 1. The highest BCUT2D eigenvalue weighted by Gasteiger charge is 2.19. The summed E-state index contributed by atoms with van der Waals surface area (Å²) in [5, 5.41) is 5.49. The highest BCUT2D eigenvalue weighted by Crippen LogP contribution is 2.06. The molecule has 1 heterocycles. The van der Waals surface area contributed by atoms with Gasteiger partial charge in [0.25, 0.3) is 5.91 Å². The zero-order chi connectivity index (χ0) is 9.97. The second-order valence-corrected chi connectivity index (χ2v) is 3.10. The minimum atomic E-state index is -0.293. The molecule has 1 aliphatic rings. The number of hydrogen-bond acceptors (Lipinski definition) is 3. The van der Waals surface area contributed by atoms with Crippen LogP contribution in [0.2, 0.25) is 0 Å².